The van der Waals surface area contributed by atoms with Crippen molar-refractivity contribution in [3.63, 3.8) is 0 Å². The number of carbonyl (C=O) groups excluding carboxylic acids is 1. The van der Waals surface area contributed by atoms with Crippen molar-refractivity contribution in [2.45, 2.75) is 45.1 Å². The molecule has 3 aromatic rings. The van der Waals surface area contributed by atoms with Crippen LogP contribution >= 0.6 is 11.6 Å². The SMILES string of the molecule is C=C(O)c1ccc(CC(=O)C(CC2CCC2C)c2ccc(-c3c(OC(F)F)ccc(Cl)c3F)c[n+]2[O-])cc1. The van der Waals surface area contributed by atoms with Crippen LogP contribution in [0.4, 0.5) is 13.2 Å². The van der Waals surface area contributed by atoms with E-state index in [1.807, 2.05) is 0 Å². The van der Waals surface area contributed by atoms with E-state index in [0.717, 1.165) is 36.7 Å². The number of alkyl halides is 2. The highest BCUT2D eigenvalue weighted by molar-refractivity contribution is 6.31. The molecule has 1 N–H and O–H groups in total. The highest BCUT2D eigenvalue weighted by Gasteiger charge is 2.36. The summed E-state index contributed by atoms with van der Waals surface area (Å²) in [6.07, 6.45) is 3.61. The minimum absolute atomic E-state index is 0.0116. The summed E-state index contributed by atoms with van der Waals surface area (Å²) in [4.78, 5) is 13.5. The molecule has 2 aromatic carbocycles. The molecule has 4 rings (SSSR count). The number of rotatable bonds is 10. The maximum atomic E-state index is 14.9. The molecule has 3 atom stereocenters. The topological polar surface area (TPSA) is 73.5 Å². The maximum absolute atomic E-state index is 14.9. The number of ketones is 1. The lowest BCUT2D eigenvalue weighted by molar-refractivity contribution is -0.614. The van der Waals surface area contributed by atoms with Crippen molar-refractivity contribution in [1.29, 1.82) is 0 Å². The van der Waals surface area contributed by atoms with Crippen molar-refractivity contribution in [1.82, 2.24) is 0 Å². The van der Waals surface area contributed by atoms with Crippen molar-refractivity contribution < 1.29 is 32.5 Å². The van der Waals surface area contributed by atoms with Crippen LogP contribution in [0.2, 0.25) is 5.02 Å². The number of hydrogen-bond donors (Lipinski definition) is 1. The third-order valence-corrected chi connectivity index (χ3v) is 7.54. The Balaban J connectivity index is 1.67. The molecule has 1 aromatic heterocycles. The lowest BCUT2D eigenvalue weighted by Gasteiger charge is -2.35. The van der Waals surface area contributed by atoms with E-state index >= 15 is 0 Å². The normalized spacial score (nSPS) is 17.6. The van der Waals surface area contributed by atoms with Gasteiger partial charge in [0.1, 0.15) is 17.4 Å². The van der Waals surface area contributed by atoms with Crippen LogP contribution in [-0.4, -0.2) is 17.5 Å². The van der Waals surface area contributed by atoms with Gasteiger partial charge in [-0.1, -0.05) is 55.8 Å². The molecule has 0 amide bonds. The first kappa shape index (κ1) is 27.5. The van der Waals surface area contributed by atoms with Gasteiger partial charge in [-0.15, -0.1) is 0 Å². The molecule has 1 aliphatic carbocycles. The summed E-state index contributed by atoms with van der Waals surface area (Å²) in [5.41, 5.74) is 1.07. The van der Waals surface area contributed by atoms with E-state index in [1.165, 1.54) is 12.1 Å². The molecular weight excluding hydrogens is 519 g/mol. The zero-order chi connectivity index (χ0) is 27.6. The largest absolute Gasteiger partial charge is 0.618 e. The van der Waals surface area contributed by atoms with Crippen LogP contribution in [-0.2, 0) is 11.2 Å². The van der Waals surface area contributed by atoms with Gasteiger partial charge >= 0.3 is 6.61 Å². The Bertz CT molecular complexity index is 1350. The Labute approximate surface area is 223 Å². The smallest absolute Gasteiger partial charge is 0.387 e. The van der Waals surface area contributed by atoms with Gasteiger partial charge in [-0.25, -0.2) is 4.39 Å². The molecule has 9 heteroatoms. The summed E-state index contributed by atoms with van der Waals surface area (Å²) in [5, 5.41) is 22.4. The number of Topliss-reactive ketones (excluding diaryl/α,β-unsaturated/α-hetero) is 1. The molecule has 0 radical (unpaired) electrons. The second-order valence-corrected chi connectivity index (χ2v) is 10.1. The van der Waals surface area contributed by atoms with E-state index in [4.69, 9.17) is 11.6 Å². The fourth-order valence-electron chi connectivity index (χ4n) is 4.85. The van der Waals surface area contributed by atoms with Crippen LogP contribution < -0.4 is 9.47 Å². The molecule has 1 heterocycles. The Morgan fingerprint density at radius 1 is 1.18 bits per heavy atom. The van der Waals surface area contributed by atoms with Crippen LogP contribution in [0.1, 0.15) is 48.9 Å². The number of pyridine rings is 1. The average Bonchev–Trinajstić information content (AvgIpc) is 2.86. The molecule has 1 aliphatic rings. The van der Waals surface area contributed by atoms with Crippen molar-refractivity contribution in [2.75, 3.05) is 0 Å². The molecule has 0 bridgehead atoms. The van der Waals surface area contributed by atoms with E-state index in [-0.39, 0.29) is 45.7 Å². The summed E-state index contributed by atoms with van der Waals surface area (Å²) in [6.45, 7) is 2.39. The zero-order valence-electron chi connectivity index (χ0n) is 20.7. The highest BCUT2D eigenvalue weighted by atomic mass is 35.5. The monoisotopic (exact) mass is 545 g/mol. The predicted molar refractivity (Wildman–Crippen MR) is 138 cm³/mol. The second kappa shape index (κ2) is 11.5. The Morgan fingerprint density at radius 3 is 2.45 bits per heavy atom. The number of aromatic nitrogens is 1. The van der Waals surface area contributed by atoms with Crippen LogP contribution in [0, 0.1) is 22.9 Å². The number of aliphatic hydroxyl groups excluding tert-OH is 1. The van der Waals surface area contributed by atoms with Gasteiger partial charge in [-0.2, -0.15) is 13.5 Å². The number of hydrogen-bond acceptors (Lipinski definition) is 4. The number of ether oxygens (including phenoxy) is 1. The van der Waals surface area contributed by atoms with Gasteiger partial charge in [0.25, 0.3) is 0 Å². The molecule has 0 saturated heterocycles. The first-order valence-electron chi connectivity index (χ1n) is 12.2. The van der Waals surface area contributed by atoms with Gasteiger partial charge in [0.15, 0.2) is 17.8 Å². The number of benzene rings is 2. The molecule has 1 saturated carbocycles. The molecule has 1 fully saturated rings. The van der Waals surface area contributed by atoms with Crippen LogP contribution in [0.3, 0.4) is 0 Å². The fourth-order valence-corrected chi connectivity index (χ4v) is 5.01. The second-order valence-electron chi connectivity index (χ2n) is 9.67. The van der Waals surface area contributed by atoms with E-state index in [1.54, 1.807) is 24.3 Å². The predicted octanol–water partition coefficient (Wildman–Crippen LogP) is 7.24. The summed E-state index contributed by atoms with van der Waals surface area (Å²) in [5.74, 6) is -1.71. The van der Waals surface area contributed by atoms with Gasteiger partial charge < -0.3 is 15.1 Å². The van der Waals surface area contributed by atoms with Gasteiger partial charge in [0, 0.05) is 18.1 Å². The van der Waals surface area contributed by atoms with E-state index in [2.05, 4.69) is 18.2 Å². The number of halogens is 4. The molecule has 0 aliphatic heterocycles. The van der Waals surface area contributed by atoms with Crippen LogP contribution in [0.25, 0.3) is 16.9 Å². The number of carbonyl (C=O) groups is 1. The summed E-state index contributed by atoms with van der Waals surface area (Å²) < 4.78 is 45.6. The van der Waals surface area contributed by atoms with Crippen molar-refractivity contribution in [3.05, 3.63) is 94.2 Å². The van der Waals surface area contributed by atoms with Gasteiger partial charge in [-0.05, 0) is 48.4 Å². The Hall–Kier alpha value is -3.52. The lowest BCUT2D eigenvalue weighted by atomic mass is 9.69. The first-order chi connectivity index (χ1) is 18.0. The molecule has 38 heavy (non-hydrogen) atoms. The minimum atomic E-state index is -3.20. The van der Waals surface area contributed by atoms with E-state index < -0.39 is 24.1 Å². The summed E-state index contributed by atoms with van der Waals surface area (Å²) in [6, 6.07) is 11.8. The van der Waals surface area contributed by atoms with Gasteiger partial charge in [-0.3, -0.25) is 4.79 Å². The highest BCUT2D eigenvalue weighted by Crippen LogP contribution is 2.41. The van der Waals surface area contributed by atoms with Crippen molar-refractivity contribution >= 4 is 23.1 Å². The van der Waals surface area contributed by atoms with Crippen LogP contribution in [0.5, 0.6) is 5.75 Å². The minimum Gasteiger partial charge on any atom is -0.618 e. The van der Waals surface area contributed by atoms with Crippen LogP contribution in [0.15, 0.2) is 61.3 Å². The Morgan fingerprint density at radius 2 is 1.89 bits per heavy atom. The molecule has 200 valence electrons. The molecule has 0 spiro atoms. The van der Waals surface area contributed by atoms with Crippen molar-refractivity contribution in [2.24, 2.45) is 11.8 Å². The fraction of sp³-hybridized carbons (Fsp3) is 0.310. The van der Waals surface area contributed by atoms with Gasteiger partial charge in [0.2, 0.25) is 5.69 Å². The van der Waals surface area contributed by atoms with E-state index in [9.17, 15) is 28.3 Å². The van der Waals surface area contributed by atoms with Gasteiger partial charge in [0.05, 0.1) is 16.1 Å². The third-order valence-electron chi connectivity index (χ3n) is 7.25. The lowest BCUT2D eigenvalue weighted by Crippen LogP contribution is -2.38. The molecular formula is C29H27ClF3NO4. The zero-order valence-corrected chi connectivity index (χ0v) is 21.4. The Kier molecular flexibility index (Phi) is 8.31. The van der Waals surface area contributed by atoms with Crippen molar-refractivity contribution in [3.8, 4) is 16.9 Å². The summed E-state index contributed by atoms with van der Waals surface area (Å²) >= 11 is 5.87. The number of aliphatic hydroxyl groups is 1. The first-order valence-corrected chi connectivity index (χ1v) is 12.6. The van der Waals surface area contributed by atoms with E-state index in [0.29, 0.717) is 22.6 Å². The summed E-state index contributed by atoms with van der Waals surface area (Å²) in [7, 11) is 0. The number of nitrogens with zero attached hydrogens (tertiary/aromatic N) is 1. The third kappa shape index (κ3) is 5.96. The maximum Gasteiger partial charge on any atom is 0.387 e. The standard InChI is InChI=1S/C29H27ClF3NO4/c1-16-3-6-20(16)14-22(25(36)13-18-4-7-19(8-5-18)17(2)35)24-11-9-21(15-34(24)37)27-26(38-29(32)33)12-10-23(30)28(27)31/h4-5,7-12,15-16,20,22,29,35H,2-3,6,13-14H2,1H3. The average molecular weight is 546 g/mol. The molecule has 3 unspecified atom stereocenters. The molecule has 5 nitrogen and oxygen atoms in total. The quantitative estimate of drug-likeness (QED) is 0.165.